The van der Waals surface area contributed by atoms with Gasteiger partial charge in [-0.3, -0.25) is 9.48 Å². The van der Waals surface area contributed by atoms with Gasteiger partial charge in [0.05, 0.1) is 24.7 Å². The molecule has 0 fully saturated rings. The summed E-state index contributed by atoms with van der Waals surface area (Å²) in [7, 11) is -3.97. The number of carbonyl (C=O) groups excluding carboxylic acids is 1. The third-order valence-corrected chi connectivity index (χ3v) is 7.06. The molecule has 2 heterocycles. The van der Waals surface area contributed by atoms with Crippen LogP contribution in [0.1, 0.15) is 31.4 Å². The largest absolute Gasteiger partial charge is 0.490 e. The summed E-state index contributed by atoms with van der Waals surface area (Å²) >= 11 is 0. The summed E-state index contributed by atoms with van der Waals surface area (Å²) in [4.78, 5) is 13.0. The van der Waals surface area contributed by atoms with E-state index in [9.17, 15) is 13.2 Å². The third-order valence-electron chi connectivity index (χ3n) is 5.62. The normalized spacial score (nSPS) is 14.4. The van der Waals surface area contributed by atoms with Crippen molar-refractivity contribution in [1.29, 1.82) is 0 Å². The highest BCUT2D eigenvalue weighted by Crippen LogP contribution is 2.32. The first-order valence-electron chi connectivity index (χ1n) is 11.6. The Bertz CT molecular complexity index is 1260. The minimum absolute atomic E-state index is 0.0199. The lowest BCUT2D eigenvalue weighted by atomic mass is 10.0. The first-order chi connectivity index (χ1) is 16.8. The van der Waals surface area contributed by atoms with Crippen LogP contribution in [0.2, 0.25) is 0 Å². The third kappa shape index (κ3) is 6.40. The van der Waals surface area contributed by atoms with Crippen molar-refractivity contribution in [2.24, 2.45) is 5.92 Å². The maximum absolute atomic E-state index is 13.1. The topological polar surface area (TPSA) is 112 Å². The molecule has 2 aromatic carbocycles. The first-order valence-corrected chi connectivity index (χ1v) is 13.0. The van der Waals surface area contributed by atoms with Gasteiger partial charge in [0.1, 0.15) is 6.04 Å². The van der Waals surface area contributed by atoms with Gasteiger partial charge in [-0.25, -0.2) is 8.42 Å². The van der Waals surface area contributed by atoms with Gasteiger partial charge in [0.25, 0.3) is 0 Å². The fourth-order valence-corrected chi connectivity index (χ4v) is 5.12. The summed E-state index contributed by atoms with van der Waals surface area (Å²) in [5, 5.41) is 7.08. The molecule has 0 saturated carbocycles. The van der Waals surface area contributed by atoms with Crippen LogP contribution >= 0.6 is 0 Å². The van der Waals surface area contributed by atoms with Gasteiger partial charge >= 0.3 is 0 Å². The number of fused-ring (bicyclic) bond motifs is 1. The van der Waals surface area contributed by atoms with Gasteiger partial charge in [-0.05, 0) is 35.2 Å². The van der Waals surface area contributed by atoms with Gasteiger partial charge in [0.15, 0.2) is 11.5 Å². The molecular weight excluding hydrogens is 468 g/mol. The molecule has 0 bridgehead atoms. The van der Waals surface area contributed by atoms with Crippen molar-refractivity contribution in [2.75, 3.05) is 13.2 Å². The Morgan fingerprint density at radius 1 is 1.06 bits per heavy atom. The van der Waals surface area contributed by atoms with Gasteiger partial charge in [-0.15, -0.1) is 0 Å². The van der Waals surface area contributed by atoms with Gasteiger partial charge in [-0.1, -0.05) is 38.1 Å². The smallest absolute Gasteiger partial charge is 0.241 e. The Morgan fingerprint density at radius 3 is 2.57 bits per heavy atom. The van der Waals surface area contributed by atoms with Gasteiger partial charge in [0.2, 0.25) is 15.9 Å². The molecule has 10 heteroatoms. The lowest BCUT2D eigenvalue weighted by Crippen LogP contribution is -2.49. The van der Waals surface area contributed by atoms with E-state index >= 15 is 0 Å². The Balaban J connectivity index is 1.42. The molecule has 0 spiro atoms. The summed E-state index contributed by atoms with van der Waals surface area (Å²) in [6.07, 6.45) is 4.33. The van der Waals surface area contributed by atoms with Crippen molar-refractivity contribution in [3.8, 4) is 11.5 Å². The summed E-state index contributed by atoms with van der Waals surface area (Å²) < 4.78 is 41.8. The zero-order chi connectivity index (χ0) is 24.8. The lowest BCUT2D eigenvalue weighted by molar-refractivity contribution is -0.123. The fraction of sp³-hybridized carbons (Fsp3) is 0.360. The molecule has 0 saturated heterocycles. The van der Waals surface area contributed by atoms with Crippen LogP contribution in [0.15, 0.2) is 65.8 Å². The number of hydrogen-bond acceptors (Lipinski definition) is 6. The van der Waals surface area contributed by atoms with Crippen molar-refractivity contribution in [3.63, 3.8) is 0 Å². The monoisotopic (exact) mass is 498 g/mol. The fourth-order valence-electron chi connectivity index (χ4n) is 3.76. The molecule has 0 radical (unpaired) electrons. The summed E-state index contributed by atoms with van der Waals surface area (Å²) in [5.41, 5.74) is 1.97. The maximum atomic E-state index is 13.1. The van der Waals surface area contributed by atoms with E-state index in [0.29, 0.717) is 31.3 Å². The minimum atomic E-state index is -3.97. The number of ether oxygens (including phenoxy) is 2. The number of amides is 1. The molecule has 1 atom stereocenters. The number of carbonyl (C=O) groups is 1. The van der Waals surface area contributed by atoms with Crippen molar-refractivity contribution in [3.05, 3.63) is 72.1 Å². The average Bonchev–Trinajstić information content (AvgIpc) is 3.23. The molecule has 0 aliphatic carbocycles. The molecule has 1 aromatic heterocycles. The van der Waals surface area contributed by atoms with E-state index in [1.807, 2.05) is 41.2 Å². The molecule has 3 aromatic rings. The molecule has 1 aliphatic rings. The maximum Gasteiger partial charge on any atom is 0.241 e. The predicted molar refractivity (Wildman–Crippen MR) is 131 cm³/mol. The number of nitrogens with one attached hydrogen (secondary N) is 2. The molecule has 35 heavy (non-hydrogen) atoms. The van der Waals surface area contributed by atoms with E-state index < -0.39 is 22.0 Å². The van der Waals surface area contributed by atoms with E-state index in [-0.39, 0.29) is 17.4 Å². The van der Waals surface area contributed by atoms with E-state index in [1.165, 1.54) is 12.1 Å². The van der Waals surface area contributed by atoms with Crippen LogP contribution in [0, 0.1) is 5.92 Å². The van der Waals surface area contributed by atoms with Crippen LogP contribution in [0.25, 0.3) is 0 Å². The number of hydrogen-bond donors (Lipinski definition) is 2. The van der Waals surface area contributed by atoms with Crippen LogP contribution in [0.3, 0.4) is 0 Å². The number of benzene rings is 2. The number of aromatic nitrogens is 2. The molecule has 1 amide bonds. The number of rotatable bonds is 9. The zero-order valence-electron chi connectivity index (χ0n) is 19.8. The van der Waals surface area contributed by atoms with Gasteiger partial charge < -0.3 is 14.8 Å². The number of sulfonamides is 1. The lowest BCUT2D eigenvalue weighted by Gasteiger charge is -2.22. The second kappa shape index (κ2) is 10.9. The zero-order valence-corrected chi connectivity index (χ0v) is 20.6. The van der Waals surface area contributed by atoms with Gasteiger partial charge in [-0.2, -0.15) is 9.82 Å². The van der Waals surface area contributed by atoms with E-state index in [4.69, 9.17) is 9.47 Å². The SMILES string of the molecule is CC(C)C(NS(=O)(=O)c1ccc2c(c1)OCCCO2)C(=O)NCc1cccc(Cn2cccn2)c1. The summed E-state index contributed by atoms with van der Waals surface area (Å²) in [6, 6.07) is 13.2. The standard InChI is InChI=1S/C25H30N4O5S/c1-18(2)24(28-35(31,32)21-8-9-22-23(15-21)34-13-5-12-33-22)25(30)26-16-19-6-3-7-20(14-19)17-29-11-4-10-27-29/h3-4,6-11,14-15,18,24,28H,5,12-13,16-17H2,1-2H3,(H,26,30). The second-order valence-electron chi connectivity index (χ2n) is 8.74. The molecule has 9 nitrogen and oxygen atoms in total. The van der Waals surface area contributed by atoms with Crippen molar-refractivity contribution in [2.45, 2.75) is 44.3 Å². The quantitative estimate of drug-likeness (QED) is 0.469. The summed E-state index contributed by atoms with van der Waals surface area (Å²) in [5.74, 6) is 0.229. The molecule has 4 rings (SSSR count). The highest BCUT2D eigenvalue weighted by Gasteiger charge is 2.29. The highest BCUT2D eigenvalue weighted by atomic mass is 32.2. The Hall–Kier alpha value is -3.37. The summed E-state index contributed by atoms with van der Waals surface area (Å²) in [6.45, 7) is 5.46. The molecule has 186 valence electrons. The Kier molecular flexibility index (Phi) is 7.72. The van der Waals surface area contributed by atoms with Crippen molar-refractivity contribution in [1.82, 2.24) is 19.8 Å². The average molecular weight is 499 g/mol. The molecular formula is C25H30N4O5S. The number of nitrogens with zero attached hydrogens (tertiary/aromatic N) is 2. The van der Waals surface area contributed by atoms with Gasteiger partial charge in [0, 0.05) is 31.4 Å². The highest BCUT2D eigenvalue weighted by molar-refractivity contribution is 7.89. The van der Waals surface area contributed by atoms with E-state index in [1.54, 1.807) is 26.1 Å². The second-order valence-corrected chi connectivity index (χ2v) is 10.5. The van der Waals surface area contributed by atoms with Crippen LogP contribution in [-0.4, -0.2) is 43.4 Å². The molecule has 1 unspecified atom stereocenters. The van der Waals surface area contributed by atoms with Crippen LogP contribution in [-0.2, 0) is 27.9 Å². The van der Waals surface area contributed by atoms with Crippen LogP contribution in [0.4, 0.5) is 0 Å². The Labute approximate surface area is 205 Å². The predicted octanol–water partition coefficient (Wildman–Crippen LogP) is 2.71. The van der Waals surface area contributed by atoms with Crippen LogP contribution < -0.4 is 19.5 Å². The molecule has 1 aliphatic heterocycles. The van der Waals surface area contributed by atoms with E-state index in [2.05, 4.69) is 15.1 Å². The van der Waals surface area contributed by atoms with Crippen molar-refractivity contribution >= 4 is 15.9 Å². The molecule has 2 N–H and O–H groups in total. The first kappa shape index (κ1) is 24.7. The van der Waals surface area contributed by atoms with Crippen molar-refractivity contribution < 1.29 is 22.7 Å². The minimum Gasteiger partial charge on any atom is -0.490 e. The van der Waals surface area contributed by atoms with E-state index in [0.717, 1.165) is 17.5 Å². The van der Waals surface area contributed by atoms with Crippen LogP contribution in [0.5, 0.6) is 11.5 Å². The Morgan fingerprint density at radius 2 is 1.83 bits per heavy atom.